The fourth-order valence-corrected chi connectivity index (χ4v) is 4.48. The predicted octanol–water partition coefficient (Wildman–Crippen LogP) is 2.42. The predicted molar refractivity (Wildman–Crippen MR) is 136 cm³/mol. The fourth-order valence-electron chi connectivity index (χ4n) is 4.28. The maximum absolute atomic E-state index is 13.2. The number of benzene rings is 2. The molecule has 37 heavy (non-hydrogen) atoms. The molecule has 1 unspecified atom stereocenters. The van der Waals surface area contributed by atoms with Crippen LogP contribution in [0, 0.1) is 0 Å². The Labute approximate surface area is 218 Å². The summed E-state index contributed by atoms with van der Waals surface area (Å²) in [5.74, 6) is 0.420. The van der Waals surface area contributed by atoms with Crippen LogP contribution in [0.25, 0.3) is 11.3 Å². The van der Waals surface area contributed by atoms with Crippen LogP contribution in [0.4, 0.5) is 5.95 Å². The number of hydrogen-bond donors (Lipinski definition) is 3. The number of nitrogens with one attached hydrogen (secondary N) is 2. The zero-order chi connectivity index (χ0) is 25.9. The van der Waals surface area contributed by atoms with Gasteiger partial charge in [-0.25, -0.2) is 9.97 Å². The van der Waals surface area contributed by atoms with Crippen LogP contribution < -0.4 is 15.4 Å². The van der Waals surface area contributed by atoms with E-state index in [4.69, 9.17) is 21.1 Å². The van der Waals surface area contributed by atoms with Gasteiger partial charge in [0.05, 0.1) is 55.9 Å². The molecule has 0 radical (unpaired) electrons. The highest BCUT2D eigenvalue weighted by Crippen LogP contribution is 2.31. The van der Waals surface area contributed by atoms with Crippen molar-refractivity contribution in [2.24, 2.45) is 0 Å². The molecular weight excluding hydrogens is 498 g/mol. The summed E-state index contributed by atoms with van der Waals surface area (Å²) in [6.45, 7) is 1.06. The average molecular weight is 524 g/mol. The molecule has 1 saturated heterocycles. The molecule has 0 aliphatic carbocycles. The maximum atomic E-state index is 13.2. The van der Waals surface area contributed by atoms with Gasteiger partial charge in [0.1, 0.15) is 12.3 Å². The van der Waals surface area contributed by atoms with E-state index in [1.54, 1.807) is 37.4 Å². The number of anilines is 1. The van der Waals surface area contributed by atoms with Gasteiger partial charge in [0.25, 0.3) is 5.91 Å². The number of carbonyl (C=O) groups is 2. The number of amides is 2. The Morgan fingerprint density at radius 3 is 2.86 bits per heavy atom. The zero-order valence-electron chi connectivity index (χ0n) is 20.1. The van der Waals surface area contributed by atoms with Crippen LogP contribution in [0.15, 0.2) is 48.7 Å². The van der Waals surface area contributed by atoms with Crippen molar-refractivity contribution in [3.63, 3.8) is 0 Å². The van der Waals surface area contributed by atoms with Crippen LogP contribution >= 0.6 is 11.6 Å². The van der Waals surface area contributed by atoms with Gasteiger partial charge in [-0.05, 0) is 29.3 Å². The smallest absolute Gasteiger partial charge is 0.254 e. The van der Waals surface area contributed by atoms with Crippen LogP contribution in [0.5, 0.6) is 5.75 Å². The summed E-state index contributed by atoms with van der Waals surface area (Å²) in [5.41, 5.74) is 3.19. The molecule has 0 bridgehead atoms. The fraction of sp³-hybridized carbons (Fsp3) is 0.308. The molecule has 11 heteroatoms. The van der Waals surface area contributed by atoms with E-state index in [0.29, 0.717) is 58.9 Å². The quantitative estimate of drug-likeness (QED) is 0.390. The lowest BCUT2D eigenvalue weighted by Crippen LogP contribution is -2.40. The van der Waals surface area contributed by atoms with Crippen molar-refractivity contribution in [2.75, 3.05) is 38.8 Å². The van der Waals surface area contributed by atoms with Crippen LogP contribution in [-0.2, 0) is 16.1 Å². The van der Waals surface area contributed by atoms with E-state index in [1.807, 2.05) is 12.1 Å². The normalized spacial score (nSPS) is 15.6. The van der Waals surface area contributed by atoms with Crippen molar-refractivity contribution in [3.8, 4) is 17.0 Å². The number of ether oxygens (including phenoxy) is 2. The van der Waals surface area contributed by atoms with Gasteiger partial charge in [0.15, 0.2) is 0 Å². The van der Waals surface area contributed by atoms with Gasteiger partial charge in [-0.3, -0.25) is 9.59 Å². The Balaban J connectivity index is 1.28. The molecule has 3 heterocycles. The van der Waals surface area contributed by atoms with Crippen molar-refractivity contribution < 1.29 is 24.2 Å². The molecule has 0 spiro atoms. The molecule has 3 aromatic rings. The van der Waals surface area contributed by atoms with Crippen LogP contribution in [0.2, 0.25) is 5.02 Å². The van der Waals surface area contributed by atoms with E-state index < -0.39 is 6.04 Å². The highest BCUT2D eigenvalue weighted by atomic mass is 35.5. The Morgan fingerprint density at radius 1 is 1.30 bits per heavy atom. The second kappa shape index (κ2) is 10.7. The summed E-state index contributed by atoms with van der Waals surface area (Å²) in [4.78, 5) is 36.2. The minimum atomic E-state index is -0.622. The van der Waals surface area contributed by atoms with Gasteiger partial charge >= 0.3 is 0 Å². The molecule has 0 saturated carbocycles. The molecule has 2 amide bonds. The molecule has 10 nitrogen and oxygen atoms in total. The lowest BCUT2D eigenvalue weighted by Gasteiger charge is -2.26. The highest BCUT2D eigenvalue weighted by molar-refractivity contribution is 6.33. The minimum Gasteiger partial charge on any atom is -0.497 e. The first-order valence-electron chi connectivity index (χ1n) is 11.8. The minimum absolute atomic E-state index is 0.144. The van der Waals surface area contributed by atoms with Crippen molar-refractivity contribution in [2.45, 2.75) is 18.6 Å². The third-order valence-electron chi connectivity index (χ3n) is 6.33. The summed E-state index contributed by atoms with van der Waals surface area (Å²) < 4.78 is 10.4. The highest BCUT2D eigenvalue weighted by Gasteiger charge is 2.30. The van der Waals surface area contributed by atoms with Gasteiger partial charge in [-0.15, -0.1) is 0 Å². The molecule has 1 atom stereocenters. The second-order valence-corrected chi connectivity index (χ2v) is 9.29. The average Bonchev–Trinajstić information content (AvgIpc) is 3.19. The summed E-state index contributed by atoms with van der Waals surface area (Å²) in [5, 5.41) is 16.2. The van der Waals surface area contributed by atoms with Gasteiger partial charge in [-0.1, -0.05) is 35.9 Å². The van der Waals surface area contributed by atoms with Gasteiger partial charge in [0, 0.05) is 17.7 Å². The summed E-state index contributed by atoms with van der Waals surface area (Å²) >= 11 is 6.38. The Kier molecular flexibility index (Phi) is 7.22. The van der Waals surface area contributed by atoms with E-state index in [0.717, 1.165) is 5.56 Å². The largest absolute Gasteiger partial charge is 0.497 e. The summed E-state index contributed by atoms with van der Waals surface area (Å²) in [7, 11) is 1.55. The third kappa shape index (κ3) is 5.36. The van der Waals surface area contributed by atoms with Crippen LogP contribution in [-0.4, -0.2) is 71.3 Å². The summed E-state index contributed by atoms with van der Waals surface area (Å²) in [6, 6.07) is 12.1. The number of methoxy groups -OCH3 is 1. The van der Waals surface area contributed by atoms with Crippen molar-refractivity contribution in [1.82, 2.24) is 20.2 Å². The molecule has 2 aliphatic heterocycles. The number of hydrogen-bond acceptors (Lipinski definition) is 8. The Bertz CT molecular complexity index is 1330. The maximum Gasteiger partial charge on any atom is 0.254 e. The molecule has 2 aliphatic rings. The molecule has 2 aromatic carbocycles. The van der Waals surface area contributed by atoms with Crippen LogP contribution in [0.1, 0.15) is 27.5 Å². The topological polar surface area (TPSA) is 126 Å². The van der Waals surface area contributed by atoms with Crippen molar-refractivity contribution in [3.05, 3.63) is 70.4 Å². The van der Waals surface area contributed by atoms with E-state index >= 15 is 0 Å². The Morgan fingerprint density at radius 2 is 2.14 bits per heavy atom. The van der Waals surface area contributed by atoms with E-state index in [-0.39, 0.29) is 31.0 Å². The first kappa shape index (κ1) is 24.9. The molecule has 192 valence electrons. The van der Waals surface area contributed by atoms with E-state index in [2.05, 4.69) is 20.6 Å². The third-order valence-corrected chi connectivity index (χ3v) is 6.60. The molecule has 5 rings (SSSR count). The number of aliphatic hydroxyl groups excluding tert-OH is 1. The van der Waals surface area contributed by atoms with E-state index in [1.165, 1.54) is 11.1 Å². The lowest BCUT2D eigenvalue weighted by atomic mass is 10.0. The number of fused-ring (bicyclic) bond motifs is 1. The first-order chi connectivity index (χ1) is 17.9. The number of carbonyl (C=O) groups excluding carboxylic acids is 2. The lowest BCUT2D eigenvalue weighted by molar-refractivity contribution is -0.122. The number of nitrogens with zero attached hydrogens (tertiary/aromatic N) is 3. The number of halogens is 1. The Hall–Kier alpha value is -3.73. The molecular formula is C26H26ClN5O5. The number of aliphatic hydroxyl groups is 1. The first-order valence-corrected chi connectivity index (χ1v) is 12.2. The van der Waals surface area contributed by atoms with Gasteiger partial charge in [0.2, 0.25) is 11.9 Å². The zero-order valence-corrected chi connectivity index (χ0v) is 20.9. The van der Waals surface area contributed by atoms with Gasteiger partial charge in [-0.2, -0.15) is 0 Å². The molecule has 1 aromatic heterocycles. The monoisotopic (exact) mass is 523 g/mol. The number of rotatable bonds is 9. The van der Waals surface area contributed by atoms with Crippen LogP contribution in [0.3, 0.4) is 0 Å². The second-order valence-electron chi connectivity index (χ2n) is 8.88. The molecule has 1 fully saturated rings. The van der Waals surface area contributed by atoms with Gasteiger partial charge < -0.3 is 30.1 Å². The van der Waals surface area contributed by atoms with Crippen molar-refractivity contribution >= 4 is 29.4 Å². The summed E-state index contributed by atoms with van der Waals surface area (Å²) in [6.07, 6.45) is 1.53. The SMILES string of the molecule is COc1cccc(C(CO)NC(=O)CN2Cc3ccc(-c4nc(NC5COC5)ncc4Cl)cc3C2=O)c1. The standard InChI is InChI=1S/C26H26ClN5O5/c1-36-19-4-2-3-15(7-19)22(12-33)30-23(34)11-32-10-17-6-5-16(8-20(17)25(32)35)24-21(27)9-28-26(31-24)29-18-13-37-14-18/h2-9,18,22,33H,10-14H2,1H3,(H,30,34)(H,28,29,31). The van der Waals surface area contributed by atoms with E-state index in [9.17, 15) is 14.7 Å². The number of aromatic nitrogens is 2. The molecule has 3 N–H and O–H groups in total. The van der Waals surface area contributed by atoms with Crippen molar-refractivity contribution in [1.29, 1.82) is 0 Å².